The van der Waals surface area contributed by atoms with E-state index in [4.69, 9.17) is 14.2 Å². The highest BCUT2D eigenvalue weighted by Gasteiger charge is 2.03. The van der Waals surface area contributed by atoms with Crippen molar-refractivity contribution in [3.8, 4) is 0 Å². The molecule has 0 spiro atoms. The summed E-state index contributed by atoms with van der Waals surface area (Å²) in [7, 11) is 1.74. The average Bonchev–Trinajstić information content (AvgIpc) is 2.59. The fourth-order valence-electron chi connectivity index (χ4n) is 2.27. The molecule has 0 fully saturated rings. The molecule has 0 saturated heterocycles. The maximum Gasteiger partial charge on any atom is 0.330 e. The van der Waals surface area contributed by atoms with Gasteiger partial charge in [-0.15, -0.1) is 0 Å². The Bertz CT molecular complexity index is 328. The highest BCUT2D eigenvalue weighted by Crippen LogP contribution is 2.10. The lowest BCUT2D eigenvalue weighted by Crippen LogP contribution is -2.07. The summed E-state index contributed by atoms with van der Waals surface area (Å²) in [6.45, 7) is 4.92. The van der Waals surface area contributed by atoms with Gasteiger partial charge >= 0.3 is 11.9 Å². The van der Waals surface area contributed by atoms with E-state index < -0.39 is 5.97 Å². The quantitative estimate of drug-likeness (QED) is 0.225. The fourth-order valence-corrected chi connectivity index (χ4v) is 2.27. The number of esters is 2. The molecular weight excluding hydrogens is 308 g/mol. The minimum Gasteiger partial charge on any atom is -0.466 e. The van der Waals surface area contributed by atoms with Crippen LogP contribution in [0.4, 0.5) is 0 Å². The van der Waals surface area contributed by atoms with Crippen LogP contribution in [0.25, 0.3) is 0 Å². The largest absolute Gasteiger partial charge is 0.466 e. The second-order valence-corrected chi connectivity index (χ2v) is 5.87. The number of unbranched alkanes of at least 4 members (excludes halogenated alkanes) is 8. The molecule has 0 N–H and O–H groups in total. The van der Waals surface area contributed by atoms with E-state index in [1.54, 1.807) is 7.11 Å². The molecule has 140 valence electrons. The maximum absolute atomic E-state index is 11.5. The van der Waals surface area contributed by atoms with E-state index >= 15 is 0 Å². The predicted octanol–water partition coefficient (Wildman–Crippen LogP) is 4.20. The first kappa shape index (κ1) is 22.6. The SMILES string of the molecule is C=CC(=O)OCCCCOC(=O)CCCCCCCCCCOC. The molecule has 0 atom stereocenters. The number of carbonyl (C=O) groups is 2. The predicted molar refractivity (Wildman–Crippen MR) is 94.8 cm³/mol. The van der Waals surface area contributed by atoms with Gasteiger partial charge in [0.15, 0.2) is 0 Å². The minimum atomic E-state index is -0.415. The summed E-state index contributed by atoms with van der Waals surface area (Å²) < 4.78 is 15.0. The van der Waals surface area contributed by atoms with Crippen LogP contribution in [0.5, 0.6) is 0 Å². The Morgan fingerprint density at radius 3 is 1.83 bits per heavy atom. The van der Waals surface area contributed by atoms with Crippen LogP contribution in [0.15, 0.2) is 12.7 Å². The lowest BCUT2D eigenvalue weighted by atomic mass is 10.1. The van der Waals surface area contributed by atoms with Crippen molar-refractivity contribution < 1.29 is 23.8 Å². The van der Waals surface area contributed by atoms with Gasteiger partial charge in [-0.05, 0) is 25.7 Å². The fraction of sp³-hybridized carbons (Fsp3) is 0.789. The van der Waals surface area contributed by atoms with Crippen LogP contribution in [0, 0.1) is 0 Å². The molecule has 5 heteroatoms. The second kappa shape index (κ2) is 18.0. The zero-order valence-electron chi connectivity index (χ0n) is 15.2. The van der Waals surface area contributed by atoms with E-state index in [-0.39, 0.29) is 5.97 Å². The number of hydrogen-bond donors (Lipinski definition) is 0. The van der Waals surface area contributed by atoms with Crippen molar-refractivity contribution in [1.29, 1.82) is 0 Å². The Hall–Kier alpha value is -1.36. The summed E-state index contributed by atoms with van der Waals surface area (Å²) in [5.41, 5.74) is 0. The first-order valence-corrected chi connectivity index (χ1v) is 9.14. The van der Waals surface area contributed by atoms with Crippen LogP contribution in [-0.4, -0.2) is 38.9 Å². The van der Waals surface area contributed by atoms with Gasteiger partial charge in [0, 0.05) is 26.2 Å². The number of methoxy groups -OCH3 is 1. The lowest BCUT2D eigenvalue weighted by Gasteiger charge is -2.05. The van der Waals surface area contributed by atoms with Crippen LogP contribution in [0.3, 0.4) is 0 Å². The molecular formula is C19H34O5. The van der Waals surface area contributed by atoms with Crippen molar-refractivity contribution in [3.63, 3.8) is 0 Å². The van der Waals surface area contributed by atoms with Gasteiger partial charge in [0.1, 0.15) is 0 Å². The molecule has 0 aromatic rings. The molecule has 0 aromatic heterocycles. The average molecular weight is 342 g/mol. The zero-order valence-corrected chi connectivity index (χ0v) is 15.2. The Labute approximate surface area is 146 Å². The number of rotatable bonds is 17. The van der Waals surface area contributed by atoms with Crippen molar-refractivity contribution >= 4 is 11.9 Å². The Kier molecular flexibility index (Phi) is 17.0. The van der Waals surface area contributed by atoms with Gasteiger partial charge in [0.05, 0.1) is 13.2 Å². The summed E-state index contributed by atoms with van der Waals surface area (Å²) in [5, 5.41) is 0. The van der Waals surface area contributed by atoms with Crippen LogP contribution >= 0.6 is 0 Å². The van der Waals surface area contributed by atoms with Gasteiger partial charge in [-0.2, -0.15) is 0 Å². The van der Waals surface area contributed by atoms with Crippen LogP contribution in [0.1, 0.15) is 70.6 Å². The van der Waals surface area contributed by atoms with Crippen LogP contribution in [-0.2, 0) is 23.8 Å². The lowest BCUT2D eigenvalue weighted by molar-refractivity contribution is -0.144. The molecule has 0 saturated carbocycles. The van der Waals surface area contributed by atoms with E-state index in [1.165, 1.54) is 32.1 Å². The number of hydrogen-bond acceptors (Lipinski definition) is 5. The van der Waals surface area contributed by atoms with Gasteiger partial charge < -0.3 is 14.2 Å². The summed E-state index contributed by atoms with van der Waals surface area (Å²) in [4.78, 5) is 22.3. The molecule has 24 heavy (non-hydrogen) atoms. The normalized spacial score (nSPS) is 10.4. The number of ether oxygens (including phenoxy) is 3. The van der Waals surface area contributed by atoms with E-state index in [2.05, 4.69) is 6.58 Å². The Balaban J connectivity index is 3.21. The van der Waals surface area contributed by atoms with Crippen LogP contribution < -0.4 is 0 Å². The van der Waals surface area contributed by atoms with E-state index in [9.17, 15) is 9.59 Å². The minimum absolute atomic E-state index is 0.127. The molecule has 0 amide bonds. The Morgan fingerprint density at radius 2 is 1.25 bits per heavy atom. The van der Waals surface area contributed by atoms with Crippen molar-refractivity contribution in [2.24, 2.45) is 0 Å². The molecule has 5 nitrogen and oxygen atoms in total. The van der Waals surface area contributed by atoms with Crippen LogP contribution in [0.2, 0.25) is 0 Å². The van der Waals surface area contributed by atoms with Gasteiger partial charge in [0.25, 0.3) is 0 Å². The van der Waals surface area contributed by atoms with Crippen molar-refractivity contribution in [2.45, 2.75) is 70.6 Å². The highest BCUT2D eigenvalue weighted by molar-refractivity contribution is 5.81. The van der Waals surface area contributed by atoms with Gasteiger partial charge in [0.2, 0.25) is 0 Å². The van der Waals surface area contributed by atoms with Gasteiger partial charge in [-0.25, -0.2) is 4.79 Å². The molecule has 0 heterocycles. The summed E-state index contributed by atoms with van der Waals surface area (Å²) in [5.74, 6) is -0.542. The maximum atomic E-state index is 11.5. The smallest absolute Gasteiger partial charge is 0.330 e. The molecule has 0 aliphatic heterocycles. The molecule has 0 aromatic carbocycles. The molecule has 0 unspecified atom stereocenters. The summed E-state index contributed by atoms with van der Waals surface area (Å²) in [6, 6.07) is 0. The Morgan fingerprint density at radius 1 is 0.750 bits per heavy atom. The third-order valence-electron chi connectivity index (χ3n) is 3.69. The van der Waals surface area contributed by atoms with E-state index in [0.29, 0.717) is 32.5 Å². The monoisotopic (exact) mass is 342 g/mol. The highest BCUT2D eigenvalue weighted by atomic mass is 16.5. The van der Waals surface area contributed by atoms with E-state index in [1.807, 2.05) is 0 Å². The second-order valence-electron chi connectivity index (χ2n) is 5.87. The molecule has 0 bridgehead atoms. The van der Waals surface area contributed by atoms with Gasteiger partial charge in [-0.1, -0.05) is 45.1 Å². The first-order chi connectivity index (χ1) is 11.7. The van der Waals surface area contributed by atoms with E-state index in [0.717, 1.165) is 31.9 Å². The third kappa shape index (κ3) is 17.0. The van der Waals surface area contributed by atoms with Gasteiger partial charge in [-0.3, -0.25) is 4.79 Å². The summed E-state index contributed by atoms with van der Waals surface area (Å²) >= 11 is 0. The number of carbonyl (C=O) groups excluding carboxylic acids is 2. The third-order valence-corrected chi connectivity index (χ3v) is 3.69. The standard InChI is InChI=1S/C19H34O5/c1-3-18(20)23-16-12-13-17-24-19(21)14-10-8-6-4-5-7-9-11-15-22-2/h3H,1,4-17H2,2H3. The summed E-state index contributed by atoms with van der Waals surface area (Å²) in [6.07, 6.45) is 12.4. The molecule has 0 aliphatic rings. The topological polar surface area (TPSA) is 61.8 Å². The molecule has 0 radical (unpaired) electrons. The molecule has 0 aliphatic carbocycles. The van der Waals surface area contributed by atoms with Crippen molar-refractivity contribution in [3.05, 3.63) is 12.7 Å². The van der Waals surface area contributed by atoms with Crippen molar-refractivity contribution in [2.75, 3.05) is 26.9 Å². The zero-order chi connectivity index (χ0) is 17.9. The molecule has 0 rings (SSSR count). The first-order valence-electron chi connectivity index (χ1n) is 9.14. The van der Waals surface area contributed by atoms with Crippen molar-refractivity contribution in [1.82, 2.24) is 0 Å².